The van der Waals surface area contributed by atoms with Gasteiger partial charge >= 0.3 is 11.9 Å². The molecule has 1 saturated heterocycles. The largest absolute Gasteiger partial charge is 0.481 e. The topological polar surface area (TPSA) is 86.6 Å². The van der Waals surface area contributed by atoms with Gasteiger partial charge in [0.05, 0.1) is 6.42 Å². The van der Waals surface area contributed by atoms with Crippen LogP contribution < -0.4 is 5.32 Å². The highest BCUT2D eigenvalue weighted by atomic mass is 32.2. The summed E-state index contributed by atoms with van der Waals surface area (Å²) in [5.74, 6) is -2.35. The molecule has 1 aliphatic heterocycles. The molecule has 1 aromatic carbocycles. The molecule has 0 amide bonds. The number of hydrogen-bond donors (Lipinski definition) is 3. The number of aliphatic carboxylic acids is 2. The Bertz CT molecular complexity index is 502. The van der Waals surface area contributed by atoms with Crippen LogP contribution in [0.1, 0.15) is 12.0 Å². The van der Waals surface area contributed by atoms with Gasteiger partial charge in [0.25, 0.3) is 0 Å². The summed E-state index contributed by atoms with van der Waals surface area (Å²) in [5, 5.41) is 21.0. The summed E-state index contributed by atoms with van der Waals surface area (Å²) in [7, 11) is 0. The summed E-state index contributed by atoms with van der Waals surface area (Å²) in [4.78, 5) is 23.1. The molecule has 1 heterocycles. The molecule has 108 valence electrons. The van der Waals surface area contributed by atoms with Gasteiger partial charge in [0.1, 0.15) is 6.04 Å². The maximum Gasteiger partial charge on any atom is 0.321 e. The van der Waals surface area contributed by atoms with Crippen LogP contribution in [0.2, 0.25) is 0 Å². The van der Waals surface area contributed by atoms with Crippen LogP contribution in [0.25, 0.3) is 0 Å². The molecule has 0 aliphatic carbocycles. The molecule has 3 atom stereocenters. The highest BCUT2D eigenvalue weighted by molar-refractivity contribution is 8.00. The Balaban J connectivity index is 2.11. The zero-order valence-electron chi connectivity index (χ0n) is 11.1. The van der Waals surface area contributed by atoms with Crippen molar-refractivity contribution in [3.05, 3.63) is 29.8 Å². The third-order valence-electron chi connectivity index (χ3n) is 3.43. The van der Waals surface area contributed by atoms with Crippen LogP contribution in [0.15, 0.2) is 29.2 Å². The number of nitrogens with one attached hydrogen (secondary N) is 1. The minimum absolute atomic E-state index is 0.0464. The van der Waals surface area contributed by atoms with Crippen LogP contribution in [0.3, 0.4) is 0 Å². The number of carboxylic acids is 2. The molecule has 3 N–H and O–H groups in total. The van der Waals surface area contributed by atoms with Crippen molar-refractivity contribution in [3.63, 3.8) is 0 Å². The van der Waals surface area contributed by atoms with Gasteiger partial charge in [0, 0.05) is 22.6 Å². The Hall–Kier alpha value is -1.53. The van der Waals surface area contributed by atoms with Gasteiger partial charge in [-0.2, -0.15) is 0 Å². The SMILES string of the molecule is Cc1ccc(SC2CN[C@H](C(=O)O)C2CC(=O)O)cc1. The maximum atomic E-state index is 11.2. The van der Waals surface area contributed by atoms with Gasteiger partial charge in [-0.1, -0.05) is 17.7 Å². The van der Waals surface area contributed by atoms with Gasteiger partial charge < -0.3 is 15.5 Å². The summed E-state index contributed by atoms with van der Waals surface area (Å²) in [5.41, 5.74) is 1.16. The molecule has 0 bridgehead atoms. The molecule has 0 spiro atoms. The molecule has 5 nitrogen and oxygen atoms in total. The molecule has 0 aromatic heterocycles. The summed E-state index contributed by atoms with van der Waals surface area (Å²) in [6, 6.07) is 7.16. The second-order valence-corrected chi connectivity index (χ2v) is 6.27. The highest BCUT2D eigenvalue weighted by Crippen LogP contribution is 2.35. The van der Waals surface area contributed by atoms with Gasteiger partial charge in [0.2, 0.25) is 0 Å². The third-order valence-corrected chi connectivity index (χ3v) is 4.79. The fraction of sp³-hybridized carbons (Fsp3) is 0.429. The van der Waals surface area contributed by atoms with E-state index in [1.165, 1.54) is 0 Å². The molecular weight excluding hydrogens is 278 g/mol. The Kier molecular flexibility index (Phi) is 4.67. The summed E-state index contributed by atoms with van der Waals surface area (Å²) >= 11 is 1.54. The molecule has 0 radical (unpaired) electrons. The number of hydrogen-bond acceptors (Lipinski definition) is 4. The first kappa shape index (κ1) is 14.9. The summed E-state index contributed by atoms with van der Waals surface area (Å²) in [6.45, 7) is 2.51. The second-order valence-electron chi connectivity index (χ2n) is 4.96. The van der Waals surface area contributed by atoms with Crippen molar-refractivity contribution in [2.75, 3.05) is 6.54 Å². The predicted octanol–water partition coefficient (Wildman–Crippen LogP) is 1.60. The molecule has 1 aliphatic rings. The van der Waals surface area contributed by atoms with Crippen molar-refractivity contribution in [1.82, 2.24) is 5.32 Å². The summed E-state index contributed by atoms with van der Waals surface area (Å²) in [6.07, 6.45) is -0.131. The first-order valence-corrected chi connectivity index (χ1v) is 7.26. The minimum atomic E-state index is -0.983. The van der Waals surface area contributed by atoms with Crippen molar-refractivity contribution >= 4 is 23.7 Å². The fourth-order valence-electron chi connectivity index (χ4n) is 2.40. The van der Waals surface area contributed by atoms with Crippen LogP contribution >= 0.6 is 11.8 Å². The van der Waals surface area contributed by atoms with Crippen molar-refractivity contribution in [1.29, 1.82) is 0 Å². The number of aryl methyl sites for hydroxylation is 1. The lowest BCUT2D eigenvalue weighted by molar-refractivity contribution is -0.141. The third kappa shape index (κ3) is 3.52. The van der Waals surface area contributed by atoms with E-state index in [1.807, 2.05) is 31.2 Å². The maximum absolute atomic E-state index is 11.2. The van der Waals surface area contributed by atoms with Crippen molar-refractivity contribution in [2.24, 2.45) is 5.92 Å². The van der Waals surface area contributed by atoms with Crippen LogP contribution in [-0.2, 0) is 9.59 Å². The Morgan fingerprint density at radius 2 is 1.95 bits per heavy atom. The van der Waals surface area contributed by atoms with E-state index in [2.05, 4.69) is 5.32 Å². The number of carboxylic acid groups (broad SMARTS) is 2. The molecule has 1 fully saturated rings. The fourth-order valence-corrected chi connectivity index (χ4v) is 3.65. The van der Waals surface area contributed by atoms with Crippen LogP contribution in [0.4, 0.5) is 0 Å². The molecule has 2 unspecified atom stereocenters. The van der Waals surface area contributed by atoms with E-state index in [4.69, 9.17) is 10.2 Å². The average Bonchev–Trinajstić information content (AvgIpc) is 2.75. The molecular formula is C14H17NO4S. The molecule has 2 rings (SSSR count). The quantitative estimate of drug-likeness (QED) is 0.765. The van der Waals surface area contributed by atoms with E-state index >= 15 is 0 Å². The monoisotopic (exact) mass is 295 g/mol. The standard InChI is InChI=1S/C14H17NO4S/c1-8-2-4-9(5-3-8)20-11-7-15-13(14(18)19)10(11)6-12(16)17/h2-5,10-11,13,15H,6-7H2,1H3,(H,16,17)(H,18,19)/t10?,11?,13-/m0/s1. The van der Waals surface area contributed by atoms with Crippen LogP contribution in [-0.4, -0.2) is 40.0 Å². The van der Waals surface area contributed by atoms with E-state index in [1.54, 1.807) is 11.8 Å². The predicted molar refractivity (Wildman–Crippen MR) is 76.0 cm³/mol. The highest BCUT2D eigenvalue weighted by Gasteiger charge is 2.41. The molecule has 6 heteroatoms. The van der Waals surface area contributed by atoms with Gasteiger partial charge in [-0.25, -0.2) is 0 Å². The first-order valence-electron chi connectivity index (χ1n) is 6.38. The second kappa shape index (κ2) is 6.28. The lowest BCUT2D eigenvalue weighted by Gasteiger charge is -2.19. The van der Waals surface area contributed by atoms with Gasteiger partial charge in [-0.05, 0) is 19.1 Å². The lowest BCUT2D eigenvalue weighted by Crippen LogP contribution is -2.37. The summed E-state index contributed by atoms with van der Waals surface area (Å²) < 4.78 is 0. The molecule has 1 aromatic rings. The van der Waals surface area contributed by atoms with Crippen LogP contribution in [0, 0.1) is 12.8 Å². The molecule has 0 saturated carbocycles. The van der Waals surface area contributed by atoms with E-state index in [0.29, 0.717) is 6.54 Å². The first-order chi connectivity index (χ1) is 9.47. The number of benzene rings is 1. The van der Waals surface area contributed by atoms with E-state index in [9.17, 15) is 9.59 Å². The average molecular weight is 295 g/mol. The molecule has 20 heavy (non-hydrogen) atoms. The Morgan fingerprint density at radius 3 is 2.50 bits per heavy atom. The van der Waals surface area contributed by atoms with Crippen molar-refractivity contribution in [3.8, 4) is 0 Å². The number of carbonyl (C=O) groups is 2. The Morgan fingerprint density at radius 1 is 1.30 bits per heavy atom. The lowest BCUT2D eigenvalue weighted by atomic mass is 9.96. The number of rotatable bonds is 5. The van der Waals surface area contributed by atoms with Gasteiger partial charge in [-0.15, -0.1) is 11.8 Å². The minimum Gasteiger partial charge on any atom is -0.481 e. The number of thioether (sulfide) groups is 1. The van der Waals surface area contributed by atoms with Gasteiger partial charge in [0.15, 0.2) is 0 Å². The van der Waals surface area contributed by atoms with Crippen molar-refractivity contribution < 1.29 is 19.8 Å². The van der Waals surface area contributed by atoms with E-state index in [-0.39, 0.29) is 11.7 Å². The normalized spacial score (nSPS) is 25.6. The van der Waals surface area contributed by atoms with Gasteiger partial charge in [-0.3, -0.25) is 9.59 Å². The zero-order valence-corrected chi connectivity index (χ0v) is 11.9. The zero-order chi connectivity index (χ0) is 14.7. The smallest absolute Gasteiger partial charge is 0.321 e. The van der Waals surface area contributed by atoms with Crippen LogP contribution in [0.5, 0.6) is 0 Å². The van der Waals surface area contributed by atoms with E-state index in [0.717, 1.165) is 10.5 Å². The Labute approximate surface area is 121 Å². The van der Waals surface area contributed by atoms with Crippen molar-refractivity contribution in [2.45, 2.75) is 29.5 Å². The van der Waals surface area contributed by atoms with E-state index < -0.39 is 23.9 Å².